The third kappa shape index (κ3) is 3.80. The van der Waals surface area contributed by atoms with Gasteiger partial charge in [-0.25, -0.2) is 9.79 Å². The third-order valence-electron chi connectivity index (χ3n) is 4.90. The molecule has 9 heteroatoms. The number of allylic oxidation sites excluding steroid dienone is 1. The highest BCUT2D eigenvalue weighted by Gasteiger charge is 2.35. The van der Waals surface area contributed by atoms with E-state index in [2.05, 4.69) is 9.98 Å². The highest BCUT2D eigenvalue weighted by molar-refractivity contribution is 7.07. The topological polar surface area (TPSA) is 82.8 Å². The summed E-state index contributed by atoms with van der Waals surface area (Å²) < 4.78 is 12.5. The van der Waals surface area contributed by atoms with Crippen molar-refractivity contribution in [1.82, 2.24) is 9.55 Å². The first-order chi connectivity index (χ1) is 14.9. The zero-order valence-corrected chi connectivity index (χ0v) is 18.5. The maximum Gasteiger partial charge on any atom is 0.338 e. The molecule has 1 atom stereocenters. The number of thiazole rings is 1. The molecule has 3 heterocycles. The van der Waals surface area contributed by atoms with E-state index >= 15 is 0 Å². The van der Waals surface area contributed by atoms with Gasteiger partial charge in [-0.05, 0) is 42.8 Å². The van der Waals surface area contributed by atoms with Crippen LogP contribution in [0.3, 0.4) is 0 Å². The van der Waals surface area contributed by atoms with E-state index in [1.54, 1.807) is 49.7 Å². The van der Waals surface area contributed by atoms with Crippen molar-refractivity contribution in [3.8, 4) is 5.75 Å². The van der Waals surface area contributed by atoms with E-state index in [9.17, 15) is 9.59 Å². The molecule has 0 unspecified atom stereocenters. The summed E-state index contributed by atoms with van der Waals surface area (Å²) in [5, 5.41) is 0.451. The molecular formula is C22H18ClN3O4S. The van der Waals surface area contributed by atoms with Crippen LogP contribution in [-0.2, 0) is 9.53 Å². The van der Waals surface area contributed by atoms with Gasteiger partial charge in [-0.3, -0.25) is 14.3 Å². The minimum Gasteiger partial charge on any atom is -0.496 e. The van der Waals surface area contributed by atoms with Gasteiger partial charge in [0.2, 0.25) is 0 Å². The highest BCUT2D eigenvalue weighted by Crippen LogP contribution is 2.37. The minimum absolute atomic E-state index is 0.253. The summed E-state index contributed by atoms with van der Waals surface area (Å²) in [5.41, 5.74) is 1.79. The molecule has 1 aromatic carbocycles. The smallest absolute Gasteiger partial charge is 0.338 e. The molecule has 7 nitrogen and oxygen atoms in total. The zero-order chi connectivity index (χ0) is 22.1. The van der Waals surface area contributed by atoms with Crippen molar-refractivity contribution in [3.05, 3.63) is 89.8 Å². The van der Waals surface area contributed by atoms with Crippen molar-refractivity contribution in [1.29, 1.82) is 0 Å². The van der Waals surface area contributed by atoms with E-state index in [-0.39, 0.29) is 11.1 Å². The van der Waals surface area contributed by atoms with Gasteiger partial charge in [0.25, 0.3) is 5.56 Å². The number of hydrogen-bond donors (Lipinski definition) is 0. The van der Waals surface area contributed by atoms with Gasteiger partial charge in [0.05, 0.1) is 30.0 Å². The normalized spacial score (nSPS) is 16.0. The van der Waals surface area contributed by atoms with Crippen LogP contribution in [-0.4, -0.2) is 29.7 Å². The Morgan fingerprint density at radius 3 is 2.77 bits per heavy atom. The van der Waals surface area contributed by atoms with Gasteiger partial charge in [0.1, 0.15) is 11.8 Å². The van der Waals surface area contributed by atoms with Crippen LogP contribution in [0.15, 0.2) is 63.8 Å². The maximum atomic E-state index is 13.5. The van der Waals surface area contributed by atoms with E-state index in [1.807, 2.05) is 6.07 Å². The Balaban J connectivity index is 2.04. The summed E-state index contributed by atoms with van der Waals surface area (Å²) in [6, 6.07) is 7.92. The quantitative estimate of drug-likeness (QED) is 0.564. The molecule has 31 heavy (non-hydrogen) atoms. The molecule has 3 aromatic rings. The van der Waals surface area contributed by atoms with Crippen molar-refractivity contribution >= 4 is 35.0 Å². The Kier molecular flexibility index (Phi) is 5.75. The van der Waals surface area contributed by atoms with Crippen LogP contribution in [0.4, 0.5) is 0 Å². The van der Waals surface area contributed by atoms with Gasteiger partial charge in [-0.15, -0.1) is 0 Å². The predicted octanol–water partition coefficient (Wildman–Crippen LogP) is 2.47. The number of nitrogens with zero attached hydrogens (tertiary/aromatic N) is 3. The molecule has 0 N–H and O–H groups in total. The van der Waals surface area contributed by atoms with Crippen LogP contribution in [0.1, 0.15) is 24.1 Å². The Bertz CT molecular complexity index is 1380. The highest BCUT2D eigenvalue weighted by atomic mass is 35.5. The Labute approximate surface area is 186 Å². The number of rotatable bonds is 4. The molecule has 0 spiro atoms. The van der Waals surface area contributed by atoms with Crippen molar-refractivity contribution < 1.29 is 14.3 Å². The van der Waals surface area contributed by atoms with E-state index in [4.69, 9.17) is 21.1 Å². The molecule has 1 aliphatic heterocycles. The van der Waals surface area contributed by atoms with Crippen molar-refractivity contribution in [2.75, 3.05) is 14.2 Å². The number of fused-ring (bicyclic) bond motifs is 1. The van der Waals surface area contributed by atoms with Crippen molar-refractivity contribution in [2.24, 2.45) is 4.99 Å². The molecular weight excluding hydrogens is 438 g/mol. The number of ether oxygens (including phenoxy) is 2. The molecule has 1 aliphatic rings. The van der Waals surface area contributed by atoms with Gasteiger partial charge in [0, 0.05) is 23.0 Å². The van der Waals surface area contributed by atoms with Crippen molar-refractivity contribution in [3.63, 3.8) is 0 Å². The molecule has 4 rings (SSSR count). The van der Waals surface area contributed by atoms with Gasteiger partial charge < -0.3 is 9.47 Å². The first-order valence-electron chi connectivity index (χ1n) is 9.29. The van der Waals surface area contributed by atoms with Crippen LogP contribution in [0.5, 0.6) is 5.75 Å². The third-order valence-corrected chi connectivity index (χ3v) is 6.11. The number of aromatic nitrogens is 2. The lowest BCUT2D eigenvalue weighted by Crippen LogP contribution is -2.40. The van der Waals surface area contributed by atoms with Gasteiger partial charge in [0.15, 0.2) is 4.80 Å². The SMILES string of the molecule is COC(=O)C1=C(C)N=c2s/c(=C\c3cccnc3)c(=O)n2[C@@H]1c1cc(Cl)ccc1OC. The maximum absolute atomic E-state index is 13.5. The molecule has 158 valence electrons. The fourth-order valence-corrected chi connectivity index (χ4v) is 4.75. The largest absolute Gasteiger partial charge is 0.496 e. The number of carbonyl (C=O) groups is 1. The molecule has 2 aromatic heterocycles. The van der Waals surface area contributed by atoms with Crippen LogP contribution in [0.2, 0.25) is 5.02 Å². The lowest BCUT2D eigenvalue weighted by atomic mass is 9.95. The van der Waals surface area contributed by atoms with E-state index < -0.39 is 12.0 Å². The Morgan fingerprint density at radius 1 is 1.29 bits per heavy atom. The standard InChI is InChI=1S/C22H18ClN3O4S/c1-12-18(21(28)30-3)19(15-10-14(23)6-7-16(15)29-2)26-20(27)17(31-22(26)25-12)9-13-5-4-8-24-11-13/h4-11,19H,1-3H3/b17-9-/t19-/m1/s1. The van der Waals surface area contributed by atoms with E-state index in [0.29, 0.717) is 31.4 Å². The van der Waals surface area contributed by atoms with Crippen LogP contribution in [0, 0.1) is 0 Å². The fourth-order valence-electron chi connectivity index (χ4n) is 3.52. The molecule has 0 fully saturated rings. The summed E-state index contributed by atoms with van der Waals surface area (Å²) >= 11 is 7.50. The second-order valence-corrected chi connectivity index (χ2v) is 8.19. The van der Waals surface area contributed by atoms with Gasteiger partial charge in [-0.1, -0.05) is 29.0 Å². The number of benzene rings is 1. The zero-order valence-electron chi connectivity index (χ0n) is 17.0. The molecule has 0 saturated carbocycles. The van der Waals surface area contributed by atoms with Crippen LogP contribution < -0.4 is 19.6 Å². The average Bonchev–Trinajstić information content (AvgIpc) is 3.07. The predicted molar refractivity (Wildman–Crippen MR) is 118 cm³/mol. The summed E-state index contributed by atoms with van der Waals surface area (Å²) in [4.78, 5) is 35.3. The van der Waals surface area contributed by atoms with E-state index in [1.165, 1.54) is 30.1 Å². The van der Waals surface area contributed by atoms with Crippen LogP contribution in [0.25, 0.3) is 6.08 Å². The lowest BCUT2D eigenvalue weighted by molar-refractivity contribution is -0.136. The molecule has 0 amide bonds. The molecule has 0 bridgehead atoms. The number of methoxy groups -OCH3 is 2. The monoisotopic (exact) mass is 455 g/mol. The van der Waals surface area contributed by atoms with Gasteiger partial charge in [-0.2, -0.15) is 0 Å². The Morgan fingerprint density at radius 2 is 2.10 bits per heavy atom. The molecule has 0 saturated heterocycles. The first kappa shape index (κ1) is 21.0. The number of halogens is 1. The molecule has 0 radical (unpaired) electrons. The summed E-state index contributed by atoms with van der Waals surface area (Å²) in [5.74, 6) is -0.0813. The fraction of sp³-hybridized carbons (Fsp3) is 0.182. The number of esters is 1. The second kappa shape index (κ2) is 8.49. The summed E-state index contributed by atoms with van der Waals surface area (Å²) in [6.45, 7) is 1.72. The summed E-state index contributed by atoms with van der Waals surface area (Å²) in [7, 11) is 2.82. The minimum atomic E-state index is -0.798. The number of carbonyl (C=O) groups excluding carboxylic acids is 1. The Hall–Kier alpha value is -3.23. The van der Waals surface area contributed by atoms with Gasteiger partial charge >= 0.3 is 5.97 Å². The van der Waals surface area contributed by atoms with Crippen LogP contribution >= 0.6 is 22.9 Å². The van der Waals surface area contributed by atoms with Crippen molar-refractivity contribution in [2.45, 2.75) is 13.0 Å². The second-order valence-electron chi connectivity index (χ2n) is 6.75. The van der Waals surface area contributed by atoms with E-state index in [0.717, 1.165) is 5.56 Å². The lowest BCUT2D eigenvalue weighted by Gasteiger charge is -2.25. The average molecular weight is 456 g/mol. The number of pyridine rings is 1. The summed E-state index contributed by atoms with van der Waals surface area (Å²) in [6.07, 6.45) is 5.08. The first-order valence-corrected chi connectivity index (χ1v) is 10.5. The molecule has 0 aliphatic carbocycles. The number of hydrogen-bond acceptors (Lipinski definition) is 7.